The summed E-state index contributed by atoms with van der Waals surface area (Å²) in [6.07, 6.45) is 1.63. The fourth-order valence-corrected chi connectivity index (χ4v) is 7.03. The SMILES string of the molecule is CC(C)(C)C(O[Si](c1ccccc1)c1ccccc1)c1c(Cl)ccc(-n2cccc2CN)c1Cl. The van der Waals surface area contributed by atoms with Crippen molar-refractivity contribution in [3.8, 4) is 5.69 Å². The first-order valence-corrected chi connectivity index (χ1v) is 13.5. The smallest absolute Gasteiger partial charge is 0.283 e. The minimum atomic E-state index is -1.58. The van der Waals surface area contributed by atoms with Crippen LogP contribution in [0.15, 0.2) is 91.1 Å². The van der Waals surface area contributed by atoms with Crippen molar-refractivity contribution in [3.63, 3.8) is 0 Å². The van der Waals surface area contributed by atoms with E-state index in [0.29, 0.717) is 16.6 Å². The van der Waals surface area contributed by atoms with E-state index in [1.54, 1.807) is 0 Å². The van der Waals surface area contributed by atoms with Gasteiger partial charge in [-0.1, -0.05) is 105 Å². The van der Waals surface area contributed by atoms with E-state index in [1.807, 2.05) is 47.2 Å². The van der Waals surface area contributed by atoms with Gasteiger partial charge in [0.05, 0.1) is 16.8 Å². The van der Waals surface area contributed by atoms with E-state index in [2.05, 4.69) is 69.3 Å². The van der Waals surface area contributed by atoms with Crippen LogP contribution in [0.3, 0.4) is 0 Å². The van der Waals surface area contributed by atoms with Crippen molar-refractivity contribution >= 4 is 42.6 Å². The van der Waals surface area contributed by atoms with Gasteiger partial charge in [0.2, 0.25) is 0 Å². The second-order valence-electron chi connectivity index (χ2n) is 9.29. The van der Waals surface area contributed by atoms with Gasteiger partial charge in [-0.3, -0.25) is 0 Å². The highest BCUT2D eigenvalue weighted by molar-refractivity contribution is 6.80. The second-order valence-corrected chi connectivity index (χ2v) is 12.1. The average molecular weight is 509 g/mol. The predicted octanol–water partition coefficient (Wildman–Crippen LogP) is 6.15. The molecule has 4 aromatic rings. The maximum absolute atomic E-state index is 7.10. The average Bonchev–Trinajstić information content (AvgIpc) is 3.30. The van der Waals surface area contributed by atoms with Crippen LogP contribution in [0.4, 0.5) is 0 Å². The van der Waals surface area contributed by atoms with E-state index < -0.39 is 9.04 Å². The quantitative estimate of drug-likeness (QED) is 0.304. The number of hydrogen-bond acceptors (Lipinski definition) is 2. The summed E-state index contributed by atoms with van der Waals surface area (Å²) in [4.78, 5) is 0. The predicted molar refractivity (Wildman–Crippen MR) is 145 cm³/mol. The van der Waals surface area contributed by atoms with Crippen LogP contribution in [0.5, 0.6) is 0 Å². The zero-order valence-corrected chi connectivity index (χ0v) is 22.1. The lowest BCUT2D eigenvalue weighted by atomic mass is 9.84. The van der Waals surface area contributed by atoms with Crippen LogP contribution in [0.25, 0.3) is 5.69 Å². The van der Waals surface area contributed by atoms with Gasteiger partial charge in [-0.25, -0.2) is 0 Å². The molecule has 4 rings (SSSR count). The van der Waals surface area contributed by atoms with Gasteiger partial charge in [0.25, 0.3) is 9.04 Å². The summed E-state index contributed by atoms with van der Waals surface area (Å²) in [6, 6.07) is 28.6. The number of rotatable bonds is 7. The van der Waals surface area contributed by atoms with Crippen molar-refractivity contribution in [2.45, 2.75) is 33.4 Å². The van der Waals surface area contributed by atoms with Crippen molar-refractivity contribution in [3.05, 3.63) is 112 Å². The van der Waals surface area contributed by atoms with Crippen molar-refractivity contribution < 1.29 is 4.43 Å². The molecule has 0 fully saturated rings. The lowest BCUT2D eigenvalue weighted by molar-refractivity contribution is 0.0898. The standard InChI is InChI=1S/C28H29Cl2N2OSi/c1-28(2,3)27(33-34(21-12-6-4-7-13-21)22-14-8-5-9-15-22)25-23(29)16-17-24(26(25)30)32-18-10-11-20(32)19-31/h4-18,27H,19,31H2,1-3H3. The molecule has 1 unspecified atom stereocenters. The van der Waals surface area contributed by atoms with E-state index >= 15 is 0 Å². The fraction of sp³-hybridized carbons (Fsp3) is 0.214. The molecule has 6 heteroatoms. The Balaban J connectivity index is 1.85. The molecule has 0 spiro atoms. The Labute approximate surface area is 213 Å². The molecule has 0 aliphatic heterocycles. The number of halogens is 2. The summed E-state index contributed by atoms with van der Waals surface area (Å²) in [5, 5.41) is 3.53. The molecule has 2 N–H and O–H groups in total. The first-order chi connectivity index (χ1) is 16.3. The third-order valence-electron chi connectivity index (χ3n) is 5.76. The summed E-state index contributed by atoms with van der Waals surface area (Å²) < 4.78 is 9.08. The van der Waals surface area contributed by atoms with Gasteiger partial charge in [-0.2, -0.15) is 0 Å². The van der Waals surface area contributed by atoms with Crippen LogP contribution < -0.4 is 16.1 Å². The van der Waals surface area contributed by atoms with Crippen molar-refractivity contribution in [2.24, 2.45) is 11.1 Å². The summed E-state index contributed by atoms with van der Waals surface area (Å²) >= 11 is 13.9. The Hall–Kier alpha value is -2.34. The van der Waals surface area contributed by atoms with Crippen molar-refractivity contribution in [1.29, 1.82) is 0 Å². The molecule has 175 valence electrons. The maximum atomic E-state index is 7.10. The Morgan fingerprint density at radius 3 is 1.97 bits per heavy atom. The highest BCUT2D eigenvalue weighted by Gasteiger charge is 2.36. The van der Waals surface area contributed by atoms with Crippen LogP contribution in [-0.2, 0) is 11.0 Å². The molecular formula is C28H29Cl2N2OSi. The molecule has 3 nitrogen and oxygen atoms in total. The van der Waals surface area contributed by atoms with Gasteiger partial charge in [0.1, 0.15) is 0 Å². The maximum Gasteiger partial charge on any atom is 0.283 e. The summed E-state index contributed by atoms with van der Waals surface area (Å²) in [5.74, 6) is 0. The Bertz CT molecular complexity index is 1200. The van der Waals surface area contributed by atoms with Gasteiger partial charge in [-0.15, -0.1) is 0 Å². The summed E-state index contributed by atoms with van der Waals surface area (Å²) in [5.41, 5.74) is 8.32. The zero-order valence-electron chi connectivity index (χ0n) is 19.6. The van der Waals surface area contributed by atoms with Gasteiger partial charge in [-0.05, 0) is 40.1 Å². The van der Waals surface area contributed by atoms with Crippen LogP contribution in [0, 0.1) is 5.41 Å². The molecule has 0 saturated carbocycles. The van der Waals surface area contributed by atoms with E-state index in [1.165, 1.54) is 10.4 Å². The topological polar surface area (TPSA) is 40.2 Å². The molecule has 1 heterocycles. The third-order valence-corrected chi connectivity index (χ3v) is 8.68. The van der Waals surface area contributed by atoms with Crippen molar-refractivity contribution in [1.82, 2.24) is 4.57 Å². The Kier molecular flexibility index (Phi) is 7.66. The fourth-order valence-electron chi connectivity index (χ4n) is 4.07. The van der Waals surface area contributed by atoms with Gasteiger partial charge >= 0.3 is 0 Å². The molecule has 3 aromatic carbocycles. The van der Waals surface area contributed by atoms with Gasteiger partial charge < -0.3 is 14.7 Å². The second kappa shape index (κ2) is 10.5. The van der Waals surface area contributed by atoms with E-state index in [4.69, 9.17) is 33.4 Å². The lowest BCUT2D eigenvalue weighted by Crippen LogP contribution is -2.47. The zero-order chi connectivity index (χ0) is 24.3. The normalized spacial score (nSPS) is 12.8. The Morgan fingerprint density at radius 1 is 0.853 bits per heavy atom. The van der Waals surface area contributed by atoms with E-state index in [0.717, 1.165) is 16.9 Å². The first kappa shape index (κ1) is 24.8. The molecule has 0 aliphatic rings. The van der Waals surface area contributed by atoms with Crippen LogP contribution in [-0.4, -0.2) is 13.6 Å². The molecule has 0 aliphatic carbocycles. The van der Waals surface area contributed by atoms with Crippen LogP contribution in [0.1, 0.15) is 38.1 Å². The van der Waals surface area contributed by atoms with Crippen LogP contribution >= 0.6 is 23.2 Å². The molecule has 0 amide bonds. The molecule has 0 bridgehead atoms. The lowest BCUT2D eigenvalue weighted by Gasteiger charge is -2.36. The number of benzene rings is 3. The number of aromatic nitrogens is 1. The third kappa shape index (κ3) is 5.17. The van der Waals surface area contributed by atoms with E-state index in [-0.39, 0.29) is 11.5 Å². The molecule has 0 saturated heterocycles. The number of hydrogen-bond donors (Lipinski definition) is 1. The minimum absolute atomic E-state index is 0.265. The van der Waals surface area contributed by atoms with Gasteiger partial charge in [0.15, 0.2) is 0 Å². The van der Waals surface area contributed by atoms with Crippen molar-refractivity contribution in [2.75, 3.05) is 0 Å². The van der Waals surface area contributed by atoms with Crippen LogP contribution in [0.2, 0.25) is 10.0 Å². The molecule has 1 atom stereocenters. The van der Waals surface area contributed by atoms with Gasteiger partial charge in [0, 0.05) is 29.0 Å². The summed E-state index contributed by atoms with van der Waals surface area (Å²) in [7, 11) is -1.58. The molecule has 1 aromatic heterocycles. The highest BCUT2D eigenvalue weighted by atomic mass is 35.5. The number of nitrogens with zero attached hydrogens (tertiary/aromatic N) is 1. The Morgan fingerprint density at radius 2 is 1.44 bits per heavy atom. The number of nitrogens with two attached hydrogens (primary N) is 1. The highest BCUT2D eigenvalue weighted by Crippen LogP contribution is 2.45. The molecule has 34 heavy (non-hydrogen) atoms. The van der Waals surface area contributed by atoms with E-state index in [9.17, 15) is 0 Å². The summed E-state index contributed by atoms with van der Waals surface area (Å²) in [6.45, 7) is 6.89. The minimum Gasteiger partial charge on any atom is -0.400 e. The largest absolute Gasteiger partial charge is 0.400 e. The molecular weight excluding hydrogens is 479 g/mol. The first-order valence-electron chi connectivity index (χ1n) is 11.3. The molecule has 1 radical (unpaired) electrons. The monoisotopic (exact) mass is 507 g/mol.